The van der Waals surface area contributed by atoms with Crippen molar-refractivity contribution in [3.05, 3.63) is 64.1 Å². The molecule has 2 aromatic carbocycles. The predicted molar refractivity (Wildman–Crippen MR) is 87.2 cm³/mol. The average molecular weight is 326 g/mol. The molecule has 0 amide bonds. The summed E-state index contributed by atoms with van der Waals surface area (Å²) in [6.07, 6.45) is 0. The molecule has 2 nitrogen and oxygen atoms in total. The van der Waals surface area contributed by atoms with E-state index in [-0.39, 0.29) is 0 Å². The third-order valence-corrected chi connectivity index (χ3v) is 4.10. The van der Waals surface area contributed by atoms with E-state index in [0.29, 0.717) is 10.8 Å². The lowest BCUT2D eigenvalue weighted by Gasteiger charge is -2.06. The summed E-state index contributed by atoms with van der Waals surface area (Å²) in [5.41, 5.74) is 1.86. The van der Waals surface area contributed by atoms with E-state index in [1.165, 1.54) is 0 Å². The van der Waals surface area contributed by atoms with E-state index >= 15 is 0 Å². The maximum atomic E-state index is 5.89. The molecule has 20 heavy (non-hydrogen) atoms. The van der Waals surface area contributed by atoms with Gasteiger partial charge in [-0.05, 0) is 36.4 Å². The molecule has 0 aliphatic rings. The molecule has 0 unspecified atom stereocenters. The van der Waals surface area contributed by atoms with Gasteiger partial charge in [0.05, 0.1) is 5.71 Å². The van der Waals surface area contributed by atoms with E-state index in [0.717, 1.165) is 21.2 Å². The highest BCUT2D eigenvalue weighted by Crippen LogP contribution is 2.22. The second-order valence-electron chi connectivity index (χ2n) is 3.97. The number of benzene rings is 2. The van der Waals surface area contributed by atoms with Gasteiger partial charge in [0.2, 0.25) is 0 Å². The van der Waals surface area contributed by atoms with Crippen molar-refractivity contribution in [3.8, 4) is 0 Å². The molecule has 0 aliphatic carbocycles. The highest BCUT2D eigenvalue weighted by atomic mass is 35.5. The molecule has 5 heteroatoms. The van der Waals surface area contributed by atoms with Gasteiger partial charge in [0.15, 0.2) is 0 Å². The highest BCUT2D eigenvalue weighted by molar-refractivity contribution is 8.00. The van der Waals surface area contributed by atoms with Crippen molar-refractivity contribution in [2.75, 3.05) is 12.9 Å². The van der Waals surface area contributed by atoms with E-state index < -0.39 is 0 Å². The van der Waals surface area contributed by atoms with Crippen molar-refractivity contribution in [2.24, 2.45) is 5.16 Å². The summed E-state index contributed by atoms with van der Waals surface area (Å²) < 4.78 is 0. The monoisotopic (exact) mass is 325 g/mol. The Labute approximate surface area is 132 Å². The van der Waals surface area contributed by atoms with Crippen LogP contribution in [-0.4, -0.2) is 18.6 Å². The average Bonchev–Trinajstić information content (AvgIpc) is 2.46. The number of halogens is 2. The molecule has 0 fully saturated rings. The Morgan fingerprint density at radius 2 is 1.55 bits per heavy atom. The number of nitrogens with zero attached hydrogens (tertiary/aromatic N) is 1. The van der Waals surface area contributed by atoms with Crippen LogP contribution in [0.25, 0.3) is 0 Å². The summed E-state index contributed by atoms with van der Waals surface area (Å²) >= 11 is 13.4. The van der Waals surface area contributed by atoms with Crippen molar-refractivity contribution in [1.82, 2.24) is 0 Å². The second kappa shape index (κ2) is 7.58. The Balaban J connectivity index is 2.08. The fourth-order valence-electron chi connectivity index (χ4n) is 1.60. The number of hydrogen-bond acceptors (Lipinski definition) is 3. The number of rotatable bonds is 5. The van der Waals surface area contributed by atoms with Gasteiger partial charge in [-0.3, -0.25) is 0 Å². The van der Waals surface area contributed by atoms with Gasteiger partial charge >= 0.3 is 0 Å². The molecule has 0 radical (unpaired) electrons. The summed E-state index contributed by atoms with van der Waals surface area (Å²) in [7, 11) is 1.54. The van der Waals surface area contributed by atoms with Crippen molar-refractivity contribution in [1.29, 1.82) is 0 Å². The van der Waals surface area contributed by atoms with Gasteiger partial charge in [0, 0.05) is 26.3 Å². The maximum Gasteiger partial charge on any atom is 0.106 e. The van der Waals surface area contributed by atoms with E-state index in [1.807, 2.05) is 48.5 Å². The van der Waals surface area contributed by atoms with Crippen LogP contribution >= 0.6 is 35.0 Å². The van der Waals surface area contributed by atoms with E-state index in [2.05, 4.69) is 5.16 Å². The Kier molecular flexibility index (Phi) is 5.77. The summed E-state index contributed by atoms with van der Waals surface area (Å²) in [5, 5.41) is 5.52. The third-order valence-electron chi connectivity index (χ3n) is 2.57. The summed E-state index contributed by atoms with van der Waals surface area (Å²) in [6.45, 7) is 0. The largest absolute Gasteiger partial charge is 0.399 e. The topological polar surface area (TPSA) is 21.6 Å². The van der Waals surface area contributed by atoms with Gasteiger partial charge in [-0.1, -0.05) is 40.5 Å². The van der Waals surface area contributed by atoms with Crippen LogP contribution in [0, 0.1) is 0 Å². The first-order valence-corrected chi connectivity index (χ1v) is 7.67. The lowest BCUT2D eigenvalue weighted by atomic mass is 10.1. The van der Waals surface area contributed by atoms with Gasteiger partial charge in [-0.15, -0.1) is 11.8 Å². The number of hydrogen-bond donors (Lipinski definition) is 0. The SMILES string of the molecule is CO/N=C(\CSc1ccc(Cl)cc1)c1ccc(Cl)cc1. The summed E-state index contributed by atoms with van der Waals surface area (Å²) in [6, 6.07) is 15.3. The van der Waals surface area contributed by atoms with Gasteiger partial charge in [-0.25, -0.2) is 0 Å². The predicted octanol–water partition coefficient (Wildman–Crippen LogP) is 5.14. The first-order valence-electron chi connectivity index (χ1n) is 5.93. The third kappa shape index (κ3) is 4.44. The van der Waals surface area contributed by atoms with Gasteiger partial charge in [-0.2, -0.15) is 0 Å². The molecule has 104 valence electrons. The van der Waals surface area contributed by atoms with Gasteiger partial charge in [0.25, 0.3) is 0 Å². The molecular formula is C15H13Cl2NOS. The zero-order chi connectivity index (χ0) is 14.4. The van der Waals surface area contributed by atoms with Crippen molar-refractivity contribution < 1.29 is 4.84 Å². The van der Waals surface area contributed by atoms with Crippen LogP contribution in [0.5, 0.6) is 0 Å². The Hall–Kier alpha value is -1.16. The molecular weight excluding hydrogens is 313 g/mol. The van der Waals surface area contributed by atoms with E-state index in [9.17, 15) is 0 Å². The summed E-state index contributed by atoms with van der Waals surface area (Å²) in [4.78, 5) is 6.05. The molecule has 0 bridgehead atoms. The lowest BCUT2D eigenvalue weighted by Crippen LogP contribution is -2.05. The maximum absolute atomic E-state index is 5.89. The van der Waals surface area contributed by atoms with Crippen LogP contribution in [0.15, 0.2) is 58.6 Å². The van der Waals surface area contributed by atoms with Crippen LogP contribution < -0.4 is 0 Å². The Morgan fingerprint density at radius 3 is 2.10 bits per heavy atom. The fraction of sp³-hybridized carbons (Fsp3) is 0.133. The number of oxime groups is 1. The molecule has 0 aliphatic heterocycles. The zero-order valence-corrected chi connectivity index (χ0v) is 13.2. The van der Waals surface area contributed by atoms with Crippen LogP contribution in [0.2, 0.25) is 10.0 Å². The molecule has 0 N–H and O–H groups in total. The lowest BCUT2D eigenvalue weighted by molar-refractivity contribution is 0.213. The smallest absolute Gasteiger partial charge is 0.106 e. The van der Waals surface area contributed by atoms with Crippen molar-refractivity contribution in [2.45, 2.75) is 4.90 Å². The van der Waals surface area contributed by atoms with Gasteiger partial charge < -0.3 is 4.84 Å². The minimum atomic E-state index is 0.705. The van der Waals surface area contributed by atoms with Gasteiger partial charge in [0.1, 0.15) is 7.11 Å². The molecule has 0 aromatic heterocycles. The van der Waals surface area contributed by atoms with E-state index in [4.69, 9.17) is 28.0 Å². The molecule has 2 aromatic rings. The van der Waals surface area contributed by atoms with Crippen molar-refractivity contribution in [3.63, 3.8) is 0 Å². The minimum absolute atomic E-state index is 0.705. The summed E-state index contributed by atoms with van der Waals surface area (Å²) in [5.74, 6) is 0.705. The Morgan fingerprint density at radius 1 is 1.00 bits per heavy atom. The first-order chi connectivity index (χ1) is 9.69. The zero-order valence-electron chi connectivity index (χ0n) is 10.8. The molecule has 0 atom stereocenters. The first kappa shape index (κ1) is 15.2. The molecule has 0 heterocycles. The molecule has 0 spiro atoms. The van der Waals surface area contributed by atoms with Crippen molar-refractivity contribution >= 4 is 40.7 Å². The van der Waals surface area contributed by atoms with Crippen LogP contribution in [-0.2, 0) is 4.84 Å². The standard InChI is InChI=1S/C15H13Cl2NOS/c1-19-18-15(11-2-4-12(16)5-3-11)10-20-14-8-6-13(17)7-9-14/h2-9H,10H2,1H3/b18-15+. The highest BCUT2D eigenvalue weighted by Gasteiger charge is 2.06. The molecule has 2 rings (SSSR count). The minimum Gasteiger partial charge on any atom is -0.399 e. The fourth-order valence-corrected chi connectivity index (χ4v) is 2.70. The van der Waals surface area contributed by atoms with Crippen LogP contribution in [0.3, 0.4) is 0 Å². The quantitative estimate of drug-likeness (QED) is 0.431. The molecule has 0 saturated heterocycles. The van der Waals surface area contributed by atoms with E-state index in [1.54, 1.807) is 18.9 Å². The Bertz CT molecular complexity index is 582. The van der Waals surface area contributed by atoms with Crippen LogP contribution in [0.4, 0.5) is 0 Å². The second-order valence-corrected chi connectivity index (χ2v) is 5.89. The normalized spacial score (nSPS) is 11.4. The number of thioether (sulfide) groups is 1. The van der Waals surface area contributed by atoms with Crippen LogP contribution in [0.1, 0.15) is 5.56 Å². The molecule has 0 saturated carbocycles.